The van der Waals surface area contributed by atoms with Gasteiger partial charge in [-0.15, -0.1) is 0 Å². The Bertz CT molecular complexity index is 430. The molecule has 1 aliphatic heterocycles. The van der Waals surface area contributed by atoms with Crippen molar-refractivity contribution >= 4 is 23.5 Å². The van der Waals surface area contributed by atoms with Gasteiger partial charge in [0.05, 0.1) is 6.54 Å². The molecule has 0 fully saturated rings. The molecule has 1 aliphatic rings. The van der Waals surface area contributed by atoms with E-state index >= 15 is 0 Å². The predicted molar refractivity (Wildman–Crippen MR) is 55.4 cm³/mol. The van der Waals surface area contributed by atoms with Gasteiger partial charge < -0.3 is 9.84 Å². The number of halogens is 1. The van der Waals surface area contributed by atoms with E-state index in [1.54, 1.807) is 24.3 Å². The summed E-state index contributed by atoms with van der Waals surface area (Å²) in [7, 11) is 0. The minimum atomic E-state index is -1.00. The SMILES string of the molecule is O=C(O)C1CN=C(c2cccc(Cl)c2)O1. The lowest BCUT2D eigenvalue weighted by molar-refractivity contribution is -0.144. The molecule has 0 aliphatic carbocycles. The molecule has 78 valence electrons. The first-order valence-electron chi connectivity index (χ1n) is 4.36. The molecule has 0 spiro atoms. The minimum Gasteiger partial charge on any atom is -0.478 e. The number of carbonyl (C=O) groups is 1. The van der Waals surface area contributed by atoms with Crippen molar-refractivity contribution in [1.82, 2.24) is 0 Å². The number of benzene rings is 1. The van der Waals surface area contributed by atoms with E-state index in [1.165, 1.54) is 0 Å². The molecule has 1 N–H and O–H groups in total. The van der Waals surface area contributed by atoms with E-state index < -0.39 is 12.1 Å². The Morgan fingerprint density at radius 3 is 3.00 bits per heavy atom. The van der Waals surface area contributed by atoms with Crippen LogP contribution in [0, 0.1) is 0 Å². The van der Waals surface area contributed by atoms with Crippen molar-refractivity contribution in [3.05, 3.63) is 34.9 Å². The summed E-state index contributed by atoms with van der Waals surface area (Å²) in [5, 5.41) is 9.28. The number of nitrogens with zero attached hydrogens (tertiary/aromatic N) is 1. The highest BCUT2D eigenvalue weighted by Gasteiger charge is 2.27. The zero-order valence-electron chi connectivity index (χ0n) is 7.68. The minimum absolute atomic E-state index is 0.150. The van der Waals surface area contributed by atoms with Crippen LogP contribution in [0.1, 0.15) is 5.56 Å². The summed E-state index contributed by atoms with van der Waals surface area (Å²) < 4.78 is 5.16. The Morgan fingerprint density at radius 1 is 1.60 bits per heavy atom. The zero-order chi connectivity index (χ0) is 10.8. The number of hydrogen-bond acceptors (Lipinski definition) is 3. The lowest BCUT2D eigenvalue weighted by Crippen LogP contribution is -2.23. The van der Waals surface area contributed by atoms with Crippen LogP contribution in [0.4, 0.5) is 0 Å². The van der Waals surface area contributed by atoms with Crippen LogP contribution in [0.15, 0.2) is 29.3 Å². The first-order valence-corrected chi connectivity index (χ1v) is 4.74. The third-order valence-electron chi connectivity index (χ3n) is 2.00. The number of rotatable bonds is 2. The summed E-state index contributed by atoms with van der Waals surface area (Å²) >= 11 is 5.80. The molecule has 1 aromatic carbocycles. The average molecular weight is 226 g/mol. The van der Waals surface area contributed by atoms with E-state index in [-0.39, 0.29) is 6.54 Å². The molecule has 1 atom stereocenters. The van der Waals surface area contributed by atoms with Crippen molar-refractivity contribution in [2.75, 3.05) is 6.54 Å². The predicted octanol–water partition coefficient (Wildman–Crippen LogP) is 1.57. The van der Waals surface area contributed by atoms with Gasteiger partial charge in [-0.3, -0.25) is 0 Å². The van der Waals surface area contributed by atoms with Crippen molar-refractivity contribution in [3.63, 3.8) is 0 Å². The first-order chi connectivity index (χ1) is 7.16. The van der Waals surface area contributed by atoms with E-state index in [9.17, 15) is 4.79 Å². The fourth-order valence-corrected chi connectivity index (χ4v) is 1.47. The van der Waals surface area contributed by atoms with Gasteiger partial charge in [0, 0.05) is 10.6 Å². The number of aliphatic imine (C=N–C) groups is 1. The first kappa shape index (κ1) is 9.98. The molecule has 1 unspecified atom stereocenters. The Morgan fingerprint density at radius 2 is 2.40 bits per heavy atom. The van der Waals surface area contributed by atoms with Crippen molar-refractivity contribution < 1.29 is 14.6 Å². The Balaban J connectivity index is 2.17. The summed E-state index contributed by atoms with van der Waals surface area (Å²) in [6, 6.07) is 6.95. The maximum absolute atomic E-state index is 10.6. The summed E-state index contributed by atoms with van der Waals surface area (Å²) in [5.41, 5.74) is 0.700. The van der Waals surface area contributed by atoms with Crippen LogP contribution < -0.4 is 0 Å². The fourth-order valence-electron chi connectivity index (χ4n) is 1.28. The third kappa shape index (κ3) is 2.10. The summed E-state index contributed by atoms with van der Waals surface area (Å²) in [5.74, 6) is -0.666. The van der Waals surface area contributed by atoms with Crippen molar-refractivity contribution in [1.29, 1.82) is 0 Å². The molecule has 4 nitrogen and oxygen atoms in total. The lowest BCUT2D eigenvalue weighted by Gasteiger charge is -2.06. The van der Waals surface area contributed by atoms with Gasteiger partial charge >= 0.3 is 5.97 Å². The molecular weight excluding hydrogens is 218 g/mol. The summed E-state index contributed by atoms with van der Waals surface area (Å²) in [6.45, 7) is 0.150. The second kappa shape index (κ2) is 3.90. The molecule has 2 rings (SSSR count). The van der Waals surface area contributed by atoms with Crippen LogP contribution in [0.3, 0.4) is 0 Å². The molecule has 0 bridgehead atoms. The van der Waals surface area contributed by atoms with Gasteiger partial charge in [-0.25, -0.2) is 9.79 Å². The molecule has 0 radical (unpaired) electrons. The standard InChI is InChI=1S/C10H8ClNO3/c11-7-3-1-2-6(4-7)9-12-5-8(15-9)10(13)14/h1-4,8H,5H2,(H,13,14). The smallest absolute Gasteiger partial charge is 0.346 e. The van der Waals surface area contributed by atoms with E-state index in [1.807, 2.05) is 0 Å². The van der Waals surface area contributed by atoms with E-state index in [2.05, 4.69) is 4.99 Å². The molecule has 15 heavy (non-hydrogen) atoms. The maximum atomic E-state index is 10.6. The largest absolute Gasteiger partial charge is 0.478 e. The van der Waals surface area contributed by atoms with Gasteiger partial charge in [0.2, 0.25) is 12.0 Å². The van der Waals surface area contributed by atoms with E-state index in [0.29, 0.717) is 16.5 Å². The number of carboxylic acid groups (broad SMARTS) is 1. The van der Waals surface area contributed by atoms with Crippen molar-refractivity contribution in [2.24, 2.45) is 4.99 Å². The Labute approximate surface area is 91.2 Å². The van der Waals surface area contributed by atoms with Gasteiger partial charge in [0.25, 0.3) is 0 Å². The quantitative estimate of drug-likeness (QED) is 0.831. The highest BCUT2D eigenvalue weighted by Crippen LogP contribution is 2.16. The number of carboxylic acids is 1. The van der Waals surface area contributed by atoms with Crippen molar-refractivity contribution in [3.8, 4) is 0 Å². The molecular formula is C10H8ClNO3. The Kier molecular flexibility index (Phi) is 2.60. The number of aliphatic carboxylic acids is 1. The zero-order valence-corrected chi connectivity index (χ0v) is 8.44. The maximum Gasteiger partial charge on any atom is 0.346 e. The third-order valence-corrected chi connectivity index (χ3v) is 2.24. The van der Waals surface area contributed by atoms with Crippen LogP contribution in [0.5, 0.6) is 0 Å². The van der Waals surface area contributed by atoms with Crippen LogP contribution in [0.2, 0.25) is 5.02 Å². The highest BCUT2D eigenvalue weighted by atomic mass is 35.5. The fraction of sp³-hybridized carbons (Fsp3) is 0.200. The average Bonchev–Trinajstić information content (AvgIpc) is 2.66. The molecule has 0 saturated carbocycles. The van der Waals surface area contributed by atoms with Crippen LogP contribution in [-0.2, 0) is 9.53 Å². The van der Waals surface area contributed by atoms with Crippen molar-refractivity contribution in [2.45, 2.75) is 6.10 Å². The summed E-state index contributed by atoms with van der Waals surface area (Å²) in [4.78, 5) is 14.6. The molecule has 0 amide bonds. The lowest BCUT2D eigenvalue weighted by atomic mass is 10.2. The molecule has 0 saturated heterocycles. The van der Waals surface area contributed by atoms with Crippen LogP contribution in [0.25, 0.3) is 0 Å². The van der Waals surface area contributed by atoms with Crippen LogP contribution in [-0.4, -0.2) is 29.6 Å². The number of ether oxygens (including phenoxy) is 1. The normalized spacial score (nSPS) is 19.5. The van der Waals surface area contributed by atoms with E-state index in [0.717, 1.165) is 0 Å². The topological polar surface area (TPSA) is 58.9 Å². The van der Waals surface area contributed by atoms with Gasteiger partial charge in [-0.2, -0.15) is 0 Å². The molecule has 1 heterocycles. The molecule has 5 heteroatoms. The van der Waals surface area contributed by atoms with E-state index in [4.69, 9.17) is 21.4 Å². The van der Waals surface area contributed by atoms with Crippen LogP contribution >= 0.6 is 11.6 Å². The molecule has 1 aromatic rings. The van der Waals surface area contributed by atoms with Gasteiger partial charge in [-0.05, 0) is 18.2 Å². The highest BCUT2D eigenvalue weighted by molar-refractivity contribution is 6.31. The molecule has 0 aromatic heterocycles. The second-order valence-corrected chi connectivity index (χ2v) is 3.54. The number of hydrogen-bond donors (Lipinski definition) is 1. The Hall–Kier alpha value is -1.55. The summed E-state index contributed by atoms with van der Waals surface area (Å²) in [6.07, 6.45) is -0.876. The van der Waals surface area contributed by atoms with Gasteiger partial charge in [-0.1, -0.05) is 17.7 Å². The van der Waals surface area contributed by atoms with Gasteiger partial charge in [0.1, 0.15) is 0 Å². The van der Waals surface area contributed by atoms with Gasteiger partial charge in [0.15, 0.2) is 0 Å². The monoisotopic (exact) mass is 225 g/mol. The second-order valence-electron chi connectivity index (χ2n) is 3.10.